The van der Waals surface area contributed by atoms with Crippen molar-refractivity contribution in [2.75, 3.05) is 24.5 Å². The van der Waals surface area contributed by atoms with Crippen LogP contribution in [0.25, 0.3) is 0 Å². The van der Waals surface area contributed by atoms with E-state index < -0.39 is 0 Å². The molecule has 122 valence electrons. The van der Waals surface area contributed by atoms with E-state index in [1.54, 1.807) is 12.3 Å². The van der Waals surface area contributed by atoms with E-state index in [4.69, 9.17) is 4.42 Å². The Hall–Kier alpha value is -2.23. The van der Waals surface area contributed by atoms with Crippen molar-refractivity contribution in [1.29, 1.82) is 0 Å². The molecule has 1 amide bonds. The molecule has 2 aromatic rings. The molecule has 4 nitrogen and oxygen atoms in total. The fourth-order valence-electron chi connectivity index (χ4n) is 3.13. The second kappa shape index (κ2) is 6.49. The number of amides is 1. The molecule has 0 unspecified atom stereocenters. The highest BCUT2D eigenvalue weighted by Gasteiger charge is 2.28. The zero-order chi connectivity index (χ0) is 16.4. The van der Waals surface area contributed by atoms with Crippen molar-refractivity contribution in [3.63, 3.8) is 0 Å². The van der Waals surface area contributed by atoms with Gasteiger partial charge in [-0.2, -0.15) is 0 Å². The number of nitrogens with zero attached hydrogens (tertiary/aromatic N) is 2. The average Bonchev–Trinajstić information content (AvgIpc) is 3.08. The molecule has 1 saturated heterocycles. The number of benzene rings is 1. The predicted molar refractivity (Wildman–Crippen MR) is 92.0 cm³/mol. The molecular weight excluding hydrogens is 288 g/mol. The SMILES string of the molecule is CC(C)c1cccc(N2CCN(C(=O)c3ccoc3)[C@@H](C)C2)c1. The Morgan fingerprint density at radius 3 is 2.74 bits per heavy atom. The zero-order valence-electron chi connectivity index (χ0n) is 14.0. The first-order valence-electron chi connectivity index (χ1n) is 8.24. The number of piperazine rings is 1. The minimum atomic E-state index is 0.0573. The van der Waals surface area contributed by atoms with Crippen LogP contribution in [-0.2, 0) is 0 Å². The van der Waals surface area contributed by atoms with Crippen molar-refractivity contribution in [3.8, 4) is 0 Å². The van der Waals surface area contributed by atoms with Gasteiger partial charge in [0.1, 0.15) is 6.26 Å². The van der Waals surface area contributed by atoms with Crippen LogP contribution < -0.4 is 4.90 Å². The largest absolute Gasteiger partial charge is 0.472 e. The number of anilines is 1. The lowest BCUT2D eigenvalue weighted by Crippen LogP contribution is -2.54. The second-order valence-electron chi connectivity index (χ2n) is 6.56. The van der Waals surface area contributed by atoms with Crippen LogP contribution in [-0.4, -0.2) is 36.5 Å². The van der Waals surface area contributed by atoms with E-state index in [1.807, 2.05) is 4.90 Å². The molecule has 23 heavy (non-hydrogen) atoms. The van der Waals surface area contributed by atoms with Crippen LogP contribution in [0.4, 0.5) is 5.69 Å². The molecule has 1 fully saturated rings. The van der Waals surface area contributed by atoms with Gasteiger partial charge >= 0.3 is 0 Å². The van der Waals surface area contributed by atoms with Gasteiger partial charge in [-0.05, 0) is 36.6 Å². The number of hydrogen-bond donors (Lipinski definition) is 0. The van der Waals surface area contributed by atoms with Gasteiger partial charge < -0.3 is 14.2 Å². The van der Waals surface area contributed by atoms with E-state index in [-0.39, 0.29) is 11.9 Å². The van der Waals surface area contributed by atoms with E-state index in [0.29, 0.717) is 11.5 Å². The van der Waals surface area contributed by atoms with Gasteiger partial charge in [0.05, 0.1) is 11.8 Å². The summed E-state index contributed by atoms with van der Waals surface area (Å²) in [7, 11) is 0. The van der Waals surface area contributed by atoms with E-state index in [2.05, 4.69) is 49.9 Å². The topological polar surface area (TPSA) is 36.7 Å². The molecule has 1 aromatic carbocycles. The van der Waals surface area contributed by atoms with Crippen LogP contribution in [0.2, 0.25) is 0 Å². The first kappa shape index (κ1) is 15.7. The van der Waals surface area contributed by atoms with E-state index in [9.17, 15) is 4.79 Å². The summed E-state index contributed by atoms with van der Waals surface area (Å²) in [6, 6.07) is 10.6. The normalized spacial score (nSPS) is 18.5. The minimum absolute atomic E-state index is 0.0573. The summed E-state index contributed by atoms with van der Waals surface area (Å²) in [5, 5.41) is 0. The van der Waals surface area contributed by atoms with Gasteiger partial charge in [0.25, 0.3) is 5.91 Å². The molecule has 1 aliphatic rings. The van der Waals surface area contributed by atoms with Crippen molar-refractivity contribution < 1.29 is 9.21 Å². The maximum atomic E-state index is 12.5. The van der Waals surface area contributed by atoms with Crippen molar-refractivity contribution in [2.24, 2.45) is 0 Å². The molecule has 0 bridgehead atoms. The van der Waals surface area contributed by atoms with E-state index >= 15 is 0 Å². The molecule has 2 heterocycles. The number of hydrogen-bond acceptors (Lipinski definition) is 3. The predicted octanol–water partition coefficient (Wildman–Crippen LogP) is 3.75. The van der Waals surface area contributed by atoms with Crippen LogP contribution in [0.3, 0.4) is 0 Å². The van der Waals surface area contributed by atoms with Crippen LogP contribution in [0.1, 0.15) is 42.6 Å². The molecule has 0 aliphatic carbocycles. The Morgan fingerprint density at radius 2 is 2.09 bits per heavy atom. The van der Waals surface area contributed by atoms with Crippen LogP contribution in [0.15, 0.2) is 47.3 Å². The van der Waals surface area contributed by atoms with Gasteiger partial charge in [-0.15, -0.1) is 0 Å². The third kappa shape index (κ3) is 3.26. The van der Waals surface area contributed by atoms with Crippen molar-refractivity contribution in [3.05, 3.63) is 54.0 Å². The van der Waals surface area contributed by atoms with Gasteiger partial charge in [-0.3, -0.25) is 4.79 Å². The van der Waals surface area contributed by atoms with Gasteiger partial charge in [-0.25, -0.2) is 0 Å². The summed E-state index contributed by atoms with van der Waals surface area (Å²) in [4.78, 5) is 16.8. The molecule has 0 spiro atoms. The third-order valence-electron chi connectivity index (χ3n) is 4.56. The van der Waals surface area contributed by atoms with Gasteiger partial charge in [-0.1, -0.05) is 26.0 Å². The lowest BCUT2D eigenvalue weighted by molar-refractivity contribution is 0.0673. The van der Waals surface area contributed by atoms with E-state index in [1.165, 1.54) is 17.5 Å². The van der Waals surface area contributed by atoms with Crippen molar-refractivity contribution in [2.45, 2.75) is 32.7 Å². The highest BCUT2D eigenvalue weighted by atomic mass is 16.3. The molecule has 3 rings (SSSR count). The molecular formula is C19H24N2O2. The number of carbonyl (C=O) groups excluding carboxylic acids is 1. The van der Waals surface area contributed by atoms with Crippen LogP contribution >= 0.6 is 0 Å². The quantitative estimate of drug-likeness (QED) is 0.866. The van der Waals surface area contributed by atoms with Gasteiger partial charge in [0.2, 0.25) is 0 Å². The Balaban J connectivity index is 1.71. The lowest BCUT2D eigenvalue weighted by atomic mass is 10.0. The molecule has 1 atom stereocenters. The standard InChI is InChI=1S/C19H24N2O2/c1-14(2)16-5-4-6-18(11-16)20-8-9-21(15(3)12-20)19(22)17-7-10-23-13-17/h4-7,10-11,13-15H,8-9,12H2,1-3H3/t15-/m0/s1. The van der Waals surface area contributed by atoms with Crippen LogP contribution in [0.5, 0.6) is 0 Å². The first-order chi connectivity index (χ1) is 11.1. The summed E-state index contributed by atoms with van der Waals surface area (Å²) in [6.45, 7) is 8.97. The molecule has 4 heteroatoms. The third-order valence-corrected chi connectivity index (χ3v) is 4.56. The van der Waals surface area contributed by atoms with Crippen molar-refractivity contribution >= 4 is 11.6 Å². The molecule has 1 aromatic heterocycles. The van der Waals surface area contributed by atoms with E-state index in [0.717, 1.165) is 19.6 Å². The Morgan fingerprint density at radius 1 is 1.26 bits per heavy atom. The maximum absolute atomic E-state index is 12.5. The molecule has 0 radical (unpaired) electrons. The summed E-state index contributed by atoms with van der Waals surface area (Å²) in [6.07, 6.45) is 3.07. The zero-order valence-corrected chi connectivity index (χ0v) is 14.0. The molecule has 0 saturated carbocycles. The Labute approximate surface area is 137 Å². The molecule has 1 aliphatic heterocycles. The Kier molecular flexibility index (Phi) is 4.42. The number of carbonyl (C=O) groups is 1. The summed E-state index contributed by atoms with van der Waals surface area (Å²) >= 11 is 0. The monoisotopic (exact) mass is 312 g/mol. The summed E-state index contributed by atoms with van der Waals surface area (Å²) in [5.41, 5.74) is 3.23. The fourth-order valence-corrected chi connectivity index (χ4v) is 3.13. The highest BCUT2D eigenvalue weighted by molar-refractivity contribution is 5.94. The maximum Gasteiger partial charge on any atom is 0.257 e. The van der Waals surface area contributed by atoms with Gasteiger partial charge in [0, 0.05) is 31.4 Å². The smallest absolute Gasteiger partial charge is 0.257 e. The first-order valence-corrected chi connectivity index (χ1v) is 8.24. The highest BCUT2D eigenvalue weighted by Crippen LogP contribution is 2.24. The lowest BCUT2D eigenvalue weighted by Gasteiger charge is -2.41. The molecule has 0 N–H and O–H groups in total. The van der Waals surface area contributed by atoms with Gasteiger partial charge in [0.15, 0.2) is 0 Å². The summed E-state index contributed by atoms with van der Waals surface area (Å²) in [5.74, 6) is 0.582. The number of rotatable bonds is 3. The minimum Gasteiger partial charge on any atom is -0.472 e. The Bertz CT molecular complexity index is 664. The number of furan rings is 1. The fraction of sp³-hybridized carbons (Fsp3) is 0.421. The van der Waals surface area contributed by atoms with Crippen LogP contribution in [0, 0.1) is 0 Å². The second-order valence-corrected chi connectivity index (χ2v) is 6.56. The summed E-state index contributed by atoms with van der Waals surface area (Å²) < 4.78 is 5.03. The average molecular weight is 312 g/mol. The van der Waals surface area contributed by atoms with Crippen molar-refractivity contribution in [1.82, 2.24) is 4.90 Å².